The quantitative estimate of drug-likeness (QED) is 0.476. The maximum Gasteiger partial charge on any atom is 0.263 e. The Balaban J connectivity index is 2.32. The first-order valence-corrected chi connectivity index (χ1v) is 6.12. The van der Waals surface area contributed by atoms with Crippen LogP contribution in [0.3, 0.4) is 0 Å². The van der Waals surface area contributed by atoms with Crippen LogP contribution in [0.15, 0.2) is 53.7 Å². The van der Waals surface area contributed by atoms with E-state index in [0.717, 1.165) is 22.4 Å². The van der Waals surface area contributed by atoms with Crippen LogP contribution in [0, 0.1) is 13.8 Å². The fourth-order valence-electron chi connectivity index (χ4n) is 1.77. The van der Waals surface area contributed by atoms with Crippen LogP contribution in [0.1, 0.15) is 16.7 Å². The lowest BCUT2D eigenvalue weighted by Crippen LogP contribution is -2.11. The lowest BCUT2D eigenvalue weighted by atomic mass is 10.1. The van der Waals surface area contributed by atoms with E-state index in [-0.39, 0.29) is 0 Å². The van der Waals surface area contributed by atoms with Crippen molar-refractivity contribution < 1.29 is 9.57 Å². The zero-order valence-electron chi connectivity index (χ0n) is 11.4. The first-order valence-electron chi connectivity index (χ1n) is 6.12. The number of aryl methyl sites for hydroxylation is 2. The molecule has 0 radical (unpaired) electrons. The topological polar surface area (TPSA) is 30.8 Å². The van der Waals surface area contributed by atoms with Crippen LogP contribution >= 0.6 is 0 Å². The van der Waals surface area contributed by atoms with Gasteiger partial charge in [-0.2, -0.15) is 0 Å². The molecule has 0 aliphatic heterocycles. The maximum absolute atomic E-state index is 5.85. The van der Waals surface area contributed by atoms with Gasteiger partial charge in [0.15, 0.2) is 0 Å². The Morgan fingerprint density at radius 2 is 1.79 bits per heavy atom. The molecule has 19 heavy (non-hydrogen) atoms. The van der Waals surface area contributed by atoms with Crippen molar-refractivity contribution in [2.75, 3.05) is 7.11 Å². The first kappa shape index (κ1) is 13.1. The minimum atomic E-state index is 0.459. The Morgan fingerprint density at radius 1 is 1.00 bits per heavy atom. The third-order valence-corrected chi connectivity index (χ3v) is 2.74. The molecule has 0 heterocycles. The second kappa shape index (κ2) is 6.05. The number of oxime groups is 1. The van der Waals surface area contributed by atoms with E-state index in [1.807, 2.05) is 62.4 Å². The van der Waals surface area contributed by atoms with Crippen molar-refractivity contribution in [3.63, 3.8) is 0 Å². The van der Waals surface area contributed by atoms with Gasteiger partial charge < -0.3 is 9.57 Å². The van der Waals surface area contributed by atoms with Gasteiger partial charge in [-0.25, -0.2) is 0 Å². The molecule has 3 nitrogen and oxygen atoms in total. The minimum Gasteiger partial charge on any atom is -0.436 e. The second-order valence-electron chi connectivity index (χ2n) is 4.32. The average molecular weight is 255 g/mol. The van der Waals surface area contributed by atoms with Crippen molar-refractivity contribution in [2.45, 2.75) is 13.8 Å². The lowest BCUT2D eigenvalue weighted by molar-refractivity contribution is 0.206. The third kappa shape index (κ3) is 3.35. The highest BCUT2D eigenvalue weighted by molar-refractivity contribution is 5.95. The van der Waals surface area contributed by atoms with Gasteiger partial charge in [0.25, 0.3) is 5.90 Å². The van der Waals surface area contributed by atoms with Gasteiger partial charge in [-0.15, -0.1) is 0 Å². The molecule has 0 saturated heterocycles. The van der Waals surface area contributed by atoms with Gasteiger partial charge in [0, 0.05) is 5.56 Å². The summed E-state index contributed by atoms with van der Waals surface area (Å²) in [5.41, 5.74) is 3.10. The van der Waals surface area contributed by atoms with Gasteiger partial charge in [-0.1, -0.05) is 35.9 Å². The van der Waals surface area contributed by atoms with Crippen LogP contribution < -0.4 is 4.74 Å². The zero-order valence-corrected chi connectivity index (χ0v) is 11.4. The van der Waals surface area contributed by atoms with Gasteiger partial charge in [-0.3, -0.25) is 0 Å². The van der Waals surface area contributed by atoms with E-state index < -0.39 is 0 Å². The molecule has 0 N–H and O–H groups in total. The number of hydrogen-bond acceptors (Lipinski definition) is 3. The highest BCUT2D eigenvalue weighted by Gasteiger charge is 2.09. The predicted molar refractivity (Wildman–Crippen MR) is 76.5 cm³/mol. The van der Waals surface area contributed by atoms with Gasteiger partial charge in [-0.05, 0) is 42.8 Å². The SMILES string of the molecule is CO/N=C(/Oc1ccccc1C)c1cccc(C)c1. The van der Waals surface area contributed by atoms with Crippen LogP contribution in [0.5, 0.6) is 5.75 Å². The summed E-state index contributed by atoms with van der Waals surface area (Å²) in [4.78, 5) is 4.87. The van der Waals surface area contributed by atoms with Crippen molar-refractivity contribution in [2.24, 2.45) is 5.16 Å². The lowest BCUT2D eigenvalue weighted by Gasteiger charge is -2.10. The summed E-state index contributed by atoms with van der Waals surface area (Å²) in [7, 11) is 1.51. The molecule has 0 amide bonds. The Bertz CT molecular complexity index is 591. The summed E-state index contributed by atoms with van der Waals surface area (Å²) in [6.45, 7) is 4.03. The van der Waals surface area contributed by atoms with Gasteiger partial charge in [0.2, 0.25) is 0 Å². The summed E-state index contributed by atoms with van der Waals surface area (Å²) in [6, 6.07) is 15.8. The maximum atomic E-state index is 5.85. The molecule has 3 heteroatoms. The molecule has 0 aromatic heterocycles. The van der Waals surface area contributed by atoms with Crippen LogP contribution in [-0.2, 0) is 4.84 Å². The molecule has 98 valence electrons. The van der Waals surface area contributed by atoms with Crippen molar-refractivity contribution in [1.82, 2.24) is 0 Å². The molecule has 0 spiro atoms. The van der Waals surface area contributed by atoms with Gasteiger partial charge in [0.05, 0.1) is 0 Å². The van der Waals surface area contributed by atoms with E-state index in [0.29, 0.717) is 5.90 Å². The monoisotopic (exact) mass is 255 g/mol. The molecule has 0 unspecified atom stereocenters. The second-order valence-corrected chi connectivity index (χ2v) is 4.32. The number of nitrogens with zero attached hydrogens (tertiary/aromatic N) is 1. The molecule has 2 rings (SSSR count). The van der Waals surface area contributed by atoms with Crippen LogP contribution in [0.2, 0.25) is 0 Å². The summed E-state index contributed by atoms with van der Waals surface area (Å²) in [6.07, 6.45) is 0. The predicted octanol–water partition coefficient (Wildman–Crippen LogP) is 3.69. The normalized spacial score (nSPS) is 11.2. The average Bonchev–Trinajstić information content (AvgIpc) is 2.40. The van der Waals surface area contributed by atoms with Crippen LogP contribution in [-0.4, -0.2) is 13.0 Å². The van der Waals surface area contributed by atoms with Gasteiger partial charge in [0.1, 0.15) is 12.9 Å². The molecule has 0 fully saturated rings. The highest BCUT2D eigenvalue weighted by atomic mass is 16.6. The Morgan fingerprint density at radius 3 is 2.47 bits per heavy atom. The molecule has 0 saturated carbocycles. The number of hydrogen-bond donors (Lipinski definition) is 0. The van der Waals surface area contributed by atoms with E-state index in [4.69, 9.17) is 9.57 Å². The highest BCUT2D eigenvalue weighted by Crippen LogP contribution is 2.18. The molecule has 0 bridgehead atoms. The first-order chi connectivity index (χ1) is 9.20. The smallest absolute Gasteiger partial charge is 0.263 e. The van der Waals surface area contributed by atoms with E-state index in [2.05, 4.69) is 5.16 Å². The van der Waals surface area contributed by atoms with E-state index in [1.165, 1.54) is 7.11 Å². The Kier molecular flexibility index (Phi) is 4.18. The number of benzene rings is 2. The third-order valence-electron chi connectivity index (χ3n) is 2.74. The van der Waals surface area contributed by atoms with Crippen molar-refractivity contribution >= 4 is 5.90 Å². The minimum absolute atomic E-state index is 0.459. The summed E-state index contributed by atoms with van der Waals surface area (Å²) < 4.78 is 5.85. The summed E-state index contributed by atoms with van der Waals surface area (Å²) in [5, 5.41) is 3.97. The van der Waals surface area contributed by atoms with E-state index >= 15 is 0 Å². The van der Waals surface area contributed by atoms with Crippen molar-refractivity contribution in [1.29, 1.82) is 0 Å². The summed E-state index contributed by atoms with van der Waals surface area (Å²) in [5.74, 6) is 1.24. The number of para-hydroxylation sites is 1. The molecular formula is C16H17NO2. The van der Waals surface area contributed by atoms with Crippen molar-refractivity contribution in [3.05, 3.63) is 65.2 Å². The standard InChI is InChI=1S/C16H17NO2/c1-12-7-6-9-14(11-12)16(17-18-3)19-15-10-5-4-8-13(15)2/h4-11H,1-3H3/b17-16+. The Hall–Kier alpha value is -2.29. The van der Waals surface area contributed by atoms with Crippen LogP contribution in [0.25, 0.3) is 0 Å². The molecule has 0 aliphatic carbocycles. The Labute approximate surface area is 113 Å². The molecular weight excluding hydrogens is 238 g/mol. The van der Waals surface area contributed by atoms with E-state index in [1.54, 1.807) is 0 Å². The van der Waals surface area contributed by atoms with Gasteiger partial charge >= 0.3 is 0 Å². The molecule has 2 aromatic carbocycles. The zero-order chi connectivity index (χ0) is 13.7. The largest absolute Gasteiger partial charge is 0.436 e. The fourth-order valence-corrected chi connectivity index (χ4v) is 1.77. The van der Waals surface area contributed by atoms with Crippen LogP contribution in [0.4, 0.5) is 0 Å². The fraction of sp³-hybridized carbons (Fsp3) is 0.188. The number of ether oxygens (including phenoxy) is 1. The summed E-state index contributed by atoms with van der Waals surface area (Å²) >= 11 is 0. The molecule has 0 atom stereocenters. The van der Waals surface area contributed by atoms with E-state index in [9.17, 15) is 0 Å². The molecule has 0 aliphatic rings. The molecule has 2 aromatic rings. The van der Waals surface area contributed by atoms with Crippen molar-refractivity contribution in [3.8, 4) is 5.75 Å². The number of rotatable bonds is 3.